The van der Waals surface area contributed by atoms with Crippen LogP contribution in [0.2, 0.25) is 0 Å². The lowest BCUT2D eigenvalue weighted by Gasteiger charge is -2.16. The number of nitro groups is 2. The number of aromatic nitrogens is 2. The Hall–Kier alpha value is -4.61. The predicted molar refractivity (Wildman–Crippen MR) is 111 cm³/mol. The van der Waals surface area contributed by atoms with Crippen molar-refractivity contribution >= 4 is 28.9 Å². The molecule has 0 aliphatic rings. The van der Waals surface area contributed by atoms with Gasteiger partial charge >= 0.3 is 5.69 Å². The van der Waals surface area contributed by atoms with E-state index in [1.807, 2.05) is 37.3 Å². The first kappa shape index (κ1) is 21.1. The Bertz CT molecular complexity index is 1110. The molecule has 1 amide bonds. The molecule has 0 radical (unpaired) electrons. The molecule has 12 heteroatoms. The maximum atomic E-state index is 12.3. The van der Waals surface area contributed by atoms with Crippen LogP contribution in [-0.4, -0.2) is 25.7 Å². The second-order valence-corrected chi connectivity index (χ2v) is 6.34. The molecule has 1 heterocycles. The minimum atomic E-state index is -0.666. The van der Waals surface area contributed by atoms with Crippen molar-refractivity contribution in [1.82, 2.24) is 15.4 Å². The minimum absolute atomic E-state index is 0.0246. The van der Waals surface area contributed by atoms with Gasteiger partial charge in [0.05, 0.1) is 15.9 Å². The number of amides is 1. The summed E-state index contributed by atoms with van der Waals surface area (Å²) in [6.07, 6.45) is 1.12. The molecule has 2 aromatic carbocycles. The summed E-state index contributed by atoms with van der Waals surface area (Å²) < 4.78 is 0. The summed E-state index contributed by atoms with van der Waals surface area (Å²) in [5.41, 5.74) is 5.11. The zero-order valence-electron chi connectivity index (χ0n) is 16.2. The van der Waals surface area contributed by atoms with Crippen LogP contribution in [0.15, 0.2) is 60.9 Å². The van der Waals surface area contributed by atoms with E-state index >= 15 is 0 Å². The monoisotopic (exact) mass is 423 g/mol. The molecule has 1 atom stereocenters. The summed E-state index contributed by atoms with van der Waals surface area (Å²) in [4.78, 5) is 41.1. The number of hydrazine groups is 1. The number of nitrogens with zero attached hydrogens (tertiary/aromatic N) is 4. The van der Waals surface area contributed by atoms with E-state index in [9.17, 15) is 25.0 Å². The van der Waals surface area contributed by atoms with Crippen LogP contribution in [0, 0.1) is 20.2 Å². The molecular formula is C19H17N7O5. The van der Waals surface area contributed by atoms with E-state index in [4.69, 9.17) is 0 Å². The molecule has 3 aromatic rings. The lowest BCUT2D eigenvalue weighted by atomic mass is 10.1. The third kappa shape index (κ3) is 5.06. The van der Waals surface area contributed by atoms with Crippen molar-refractivity contribution in [3.8, 4) is 0 Å². The summed E-state index contributed by atoms with van der Waals surface area (Å²) >= 11 is 0. The van der Waals surface area contributed by atoms with Crippen molar-refractivity contribution in [3.05, 3.63) is 92.3 Å². The highest BCUT2D eigenvalue weighted by Crippen LogP contribution is 2.31. The average Bonchev–Trinajstić information content (AvgIpc) is 2.77. The first-order chi connectivity index (χ1) is 14.9. The largest absolute Gasteiger partial charge is 0.358 e. The van der Waals surface area contributed by atoms with Crippen molar-refractivity contribution in [2.75, 3.05) is 10.7 Å². The molecule has 0 spiro atoms. The molecule has 1 unspecified atom stereocenters. The van der Waals surface area contributed by atoms with Crippen LogP contribution >= 0.6 is 0 Å². The Morgan fingerprint density at radius 2 is 1.58 bits per heavy atom. The first-order valence-electron chi connectivity index (χ1n) is 8.98. The number of hydrogen-bond acceptors (Lipinski definition) is 9. The number of carbonyl (C=O) groups excluding carboxylic acids is 1. The van der Waals surface area contributed by atoms with Gasteiger partial charge in [0, 0.05) is 17.7 Å². The minimum Gasteiger partial charge on any atom is -0.358 e. The number of rotatable bonds is 8. The molecule has 0 aliphatic heterocycles. The van der Waals surface area contributed by atoms with E-state index in [0.29, 0.717) is 0 Å². The molecule has 1 aromatic heterocycles. The molecule has 0 fully saturated rings. The van der Waals surface area contributed by atoms with Crippen LogP contribution in [0.5, 0.6) is 0 Å². The van der Waals surface area contributed by atoms with Crippen molar-refractivity contribution in [2.24, 2.45) is 0 Å². The van der Waals surface area contributed by atoms with Crippen LogP contribution < -0.4 is 16.2 Å². The van der Waals surface area contributed by atoms with Gasteiger partial charge in [0.15, 0.2) is 0 Å². The van der Waals surface area contributed by atoms with Crippen LogP contribution in [0.3, 0.4) is 0 Å². The normalized spacial score (nSPS) is 11.3. The van der Waals surface area contributed by atoms with Crippen molar-refractivity contribution in [3.63, 3.8) is 0 Å². The van der Waals surface area contributed by atoms with Gasteiger partial charge in [-0.15, -0.1) is 0 Å². The zero-order chi connectivity index (χ0) is 22.4. The van der Waals surface area contributed by atoms with Gasteiger partial charge in [-0.2, -0.15) is 0 Å². The fraction of sp³-hybridized carbons (Fsp3) is 0.105. The van der Waals surface area contributed by atoms with E-state index < -0.39 is 21.4 Å². The lowest BCUT2D eigenvalue weighted by molar-refractivity contribution is -0.384. The smallest absolute Gasteiger partial charge is 0.354 e. The molecule has 3 rings (SSSR count). The summed E-state index contributed by atoms with van der Waals surface area (Å²) in [5, 5.41) is 25.3. The number of nitro benzene ring substituents is 1. The number of hydrogen-bond donors (Lipinski definition) is 3. The lowest BCUT2D eigenvalue weighted by Crippen LogP contribution is -2.30. The fourth-order valence-corrected chi connectivity index (χ4v) is 2.70. The van der Waals surface area contributed by atoms with Crippen LogP contribution in [0.4, 0.5) is 23.0 Å². The second kappa shape index (κ2) is 9.26. The first-order valence-corrected chi connectivity index (χ1v) is 8.98. The third-order valence-electron chi connectivity index (χ3n) is 4.29. The van der Waals surface area contributed by atoms with Gasteiger partial charge in [-0.05, 0) is 24.6 Å². The fourth-order valence-electron chi connectivity index (χ4n) is 2.70. The maximum Gasteiger partial charge on any atom is 0.354 e. The predicted octanol–water partition coefficient (Wildman–Crippen LogP) is 3.22. The number of benzene rings is 2. The SMILES string of the molecule is CC(Nc1ncnc(NNC(=O)c2ccc([N+](=O)[O-])cc2)c1[N+](=O)[O-])c1ccccc1. The van der Waals surface area contributed by atoms with Crippen LogP contribution in [-0.2, 0) is 0 Å². The van der Waals surface area contributed by atoms with Gasteiger partial charge in [-0.3, -0.25) is 35.9 Å². The van der Waals surface area contributed by atoms with E-state index in [1.165, 1.54) is 24.3 Å². The number of nitrogens with one attached hydrogen (secondary N) is 3. The highest BCUT2D eigenvalue weighted by atomic mass is 16.6. The van der Waals surface area contributed by atoms with Crippen LogP contribution in [0.25, 0.3) is 0 Å². The maximum absolute atomic E-state index is 12.3. The van der Waals surface area contributed by atoms with Gasteiger partial charge in [0.1, 0.15) is 6.33 Å². The summed E-state index contributed by atoms with van der Waals surface area (Å²) in [6, 6.07) is 13.9. The van der Waals surface area contributed by atoms with Gasteiger partial charge in [0.2, 0.25) is 11.6 Å². The van der Waals surface area contributed by atoms with E-state index in [-0.39, 0.29) is 28.9 Å². The second-order valence-electron chi connectivity index (χ2n) is 6.34. The van der Waals surface area contributed by atoms with Gasteiger partial charge < -0.3 is 5.32 Å². The van der Waals surface area contributed by atoms with Crippen molar-refractivity contribution in [1.29, 1.82) is 0 Å². The highest BCUT2D eigenvalue weighted by molar-refractivity contribution is 5.95. The molecule has 3 N–H and O–H groups in total. The molecule has 0 saturated carbocycles. The summed E-state index contributed by atoms with van der Waals surface area (Å²) in [6.45, 7) is 1.82. The average molecular weight is 423 g/mol. The summed E-state index contributed by atoms with van der Waals surface area (Å²) in [7, 11) is 0. The number of carbonyl (C=O) groups is 1. The molecule has 0 aliphatic carbocycles. The zero-order valence-corrected chi connectivity index (χ0v) is 16.2. The summed E-state index contributed by atoms with van der Waals surface area (Å²) in [5.74, 6) is -0.906. The molecule has 0 bridgehead atoms. The number of anilines is 2. The van der Waals surface area contributed by atoms with E-state index in [2.05, 4.69) is 26.1 Å². The number of non-ortho nitro benzene ring substituents is 1. The highest BCUT2D eigenvalue weighted by Gasteiger charge is 2.25. The van der Waals surface area contributed by atoms with E-state index in [1.54, 1.807) is 0 Å². The quantitative estimate of drug-likeness (QED) is 0.364. The standard InChI is InChI=1S/C19H17N7O5/c1-12(13-5-3-2-4-6-13)22-17-16(26(30)31)18(21-11-20-17)23-24-19(27)14-7-9-15(10-8-14)25(28)29/h2-12H,1H3,(H,24,27)(H2,20,21,22,23). The topological polar surface area (TPSA) is 165 Å². The van der Waals surface area contributed by atoms with Crippen LogP contribution in [0.1, 0.15) is 28.9 Å². The Kier molecular flexibility index (Phi) is 6.30. The Labute approximate surface area is 175 Å². The molecule has 158 valence electrons. The van der Waals surface area contributed by atoms with Gasteiger partial charge in [0.25, 0.3) is 11.6 Å². The van der Waals surface area contributed by atoms with Crippen molar-refractivity contribution < 1.29 is 14.6 Å². The molecule has 0 saturated heterocycles. The van der Waals surface area contributed by atoms with Gasteiger partial charge in [-0.25, -0.2) is 9.97 Å². The van der Waals surface area contributed by atoms with Gasteiger partial charge in [-0.1, -0.05) is 30.3 Å². The third-order valence-corrected chi connectivity index (χ3v) is 4.29. The van der Waals surface area contributed by atoms with E-state index in [0.717, 1.165) is 11.9 Å². The Morgan fingerprint density at radius 1 is 0.935 bits per heavy atom. The molecular weight excluding hydrogens is 406 g/mol. The molecule has 31 heavy (non-hydrogen) atoms. The Balaban J connectivity index is 1.76. The molecule has 12 nitrogen and oxygen atoms in total. The Morgan fingerprint density at radius 3 is 2.19 bits per heavy atom. The van der Waals surface area contributed by atoms with Crippen molar-refractivity contribution in [2.45, 2.75) is 13.0 Å².